The summed E-state index contributed by atoms with van der Waals surface area (Å²) in [6, 6.07) is 6.60. The van der Waals surface area contributed by atoms with Crippen molar-refractivity contribution >= 4 is 33.7 Å². The Morgan fingerprint density at radius 1 is 1.14 bits per heavy atom. The summed E-state index contributed by atoms with van der Waals surface area (Å²) in [5.41, 5.74) is 0.476. The number of hydrogen-bond acceptors (Lipinski definition) is 6. The average molecular weight is 479 g/mol. The predicted molar refractivity (Wildman–Crippen MR) is 119 cm³/mol. The van der Waals surface area contributed by atoms with Crippen LogP contribution in [0.5, 0.6) is 0 Å². The second-order valence-electron chi connectivity index (χ2n) is 8.25. The maximum Gasteiger partial charge on any atom is 0.417 e. The van der Waals surface area contributed by atoms with E-state index in [0.717, 1.165) is 12.1 Å². The van der Waals surface area contributed by atoms with Crippen molar-refractivity contribution < 1.29 is 27.5 Å². The maximum atomic E-state index is 15.0. The molecule has 2 unspecified atom stereocenters. The Morgan fingerprint density at radius 2 is 1.97 bits per heavy atom. The minimum atomic E-state index is -1.39. The molecular weight excluding hydrogens is 464 g/mol. The Balaban J connectivity index is 1.60. The fourth-order valence-corrected chi connectivity index (χ4v) is 4.91. The minimum Gasteiger partial charge on any atom is -0.480 e. The molecule has 0 amide bonds. The molecule has 0 saturated carbocycles. The Hall–Kier alpha value is -4.67. The summed E-state index contributed by atoms with van der Waals surface area (Å²) < 4.78 is 40.4. The molecular formula is C24H15F2N3O6. The van der Waals surface area contributed by atoms with Gasteiger partial charge in [-0.15, -0.1) is 0 Å². The van der Waals surface area contributed by atoms with Crippen LogP contribution < -0.4 is 16.2 Å². The molecule has 0 fully saturated rings. The van der Waals surface area contributed by atoms with Gasteiger partial charge >= 0.3 is 11.7 Å². The molecule has 4 heterocycles. The second-order valence-corrected chi connectivity index (χ2v) is 8.25. The quantitative estimate of drug-likeness (QED) is 0.360. The number of nitrogens with zero attached hydrogens (tertiary/aromatic N) is 1. The monoisotopic (exact) mass is 479 g/mol. The number of anilines is 1. The molecule has 0 saturated heterocycles. The van der Waals surface area contributed by atoms with Crippen molar-refractivity contribution in [2.24, 2.45) is 0 Å². The molecule has 1 aliphatic rings. The van der Waals surface area contributed by atoms with Crippen LogP contribution in [0.1, 0.15) is 22.6 Å². The molecule has 176 valence electrons. The molecule has 5 aromatic rings. The fraction of sp³-hybridized carbons (Fsp3) is 0.125. The lowest BCUT2D eigenvalue weighted by Crippen LogP contribution is -2.42. The van der Waals surface area contributed by atoms with Crippen LogP contribution in [-0.4, -0.2) is 27.1 Å². The van der Waals surface area contributed by atoms with E-state index in [1.165, 1.54) is 35.6 Å². The van der Waals surface area contributed by atoms with Crippen LogP contribution in [0.25, 0.3) is 22.1 Å². The number of oxazole rings is 1. The zero-order chi connectivity index (χ0) is 24.4. The molecule has 0 radical (unpaired) electrons. The summed E-state index contributed by atoms with van der Waals surface area (Å²) in [4.78, 5) is 43.1. The van der Waals surface area contributed by atoms with Gasteiger partial charge in [0, 0.05) is 41.2 Å². The van der Waals surface area contributed by atoms with E-state index in [0.29, 0.717) is 5.56 Å². The van der Waals surface area contributed by atoms with E-state index >= 15 is 0 Å². The molecule has 0 aliphatic carbocycles. The first-order valence-electron chi connectivity index (χ1n) is 10.5. The van der Waals surface area contributed by atoms with Gasteiger partial charge < -0.3 is 23.8 Å². The van der Waals surface area contributed by atoms with E-state index in [-0.39, 0.29) is 45.4 Å². The minimum absolute atomic E-state index is 0.00453. The summed E-state index contributed by atoms with van der Waals surface area (Å²) in [5.74, 6) is -4.50. The smallest absolute Gasteiger partial charge is 0.417 e. The number of aliphatic carboxylic acids is 1. The number of benzene rings is 2. The van der Waals surface area contributed by atoms with Crippen molar-refractivity contribution in [2.75, 3.05) is 4.90 Å². The summed E-state index contributed by atoms with van der Waals surface area (Å²) in [5, 5.41) is 10.4. The van der Waals surface area contributed by atoms with Gasteiger partial charge in [0.05, 0.1) is 23.1 Å². The van der Waals surface area contributed by atoms with Crippen molar-refractivity contribution in [1.82, 2.24) is 9.97 Å². The average Bonchev–Trinajstić information content (AvgIpc) is 3.50. The number of halogens is 2. The predicted octanol–water partition coefficient (Wildman–Crippen LogP) is 3.44. The number of fused-ring (bicyclic) bond motifs is 4. The third kappa shape index (κ3) is 3.08. The number of carboxylic acid groups (broad SMARTS) is 1. The number of aromatic nitrogens is 2. The van der Waals surface area contributed by atoms with Crippen LogP contribution in [0.3, 0.4) is 0 Å². The number of nitrogens with one attached hydrogen (secondary N) is 2. The highest BCUT2D eigenvalue weighted by molar-refractivity contribution is 5.94. The number of furan rings is 1. The van der Waals surface area contributed by atoms with Crippen molar-refractivity contribution in [3.05, 3.63) is 98.1 Å². The highest BCUT2D eigenvalue weighted by Crippen LogP contribution is 2.49. The topological polar surface area (TPSA) is 133 Å². The summed E-state index contributed by atoms with van der Waals surface area (Å²) in [6.07, 6.45) is 2.69. The van der Waals surface area contributed by atoms with Gasteiger partial charge in [0.15, 0.2) is 5.58 Å². The van der Waals surface area contributed by atoms with E-state index < -0.39 is 40.9 Å². The zero-order valence-corrected chi connectivity index (χ0v) is 17.7. The Kier molecular flexibility index (Phi) is 4.43. The van der Waals surface area contributed by atoms with E-state index in [2.05, 4.69) is 9.97 Å². The Bertz CT molecular complexity index is 1760. The highest BCUT2D eigenvalue weighted by atomic mass is 19.1. The highest BCUT2D eigenvalue weighted by Gasteiger charge is 2.47. The summed E-state index contributed by atoms with van der Waals surface area (Å²) in [6.45, 7) is -0.300. The number of carboxylic acids is 1. The molecule has 2 aromatic carbocycles. The number of pyridine rings is 1. The van der Waals surface area contributed by atoms with Gasteiger partial charge in [-0.1, -0.05) is 6.07 Å². The third-order valence-electron chi connectivity index (χ3n) is 6.34. The maximum absolute atomic E-state index is 15.0. The van der Waals surface area contributed by atoms with Crippen LogP contribution in [0.15, 0.2) is 67.3 Å². The SMILES string of the molecule is O=C(O)C1C(c2ccc[nH]c2=O)c2c(cc(F)c3ccoc23)N1Cc1cc2[nH]c(=O)oc2cc1F. The largest absolute Gasteiger partial charge is 0.480 e. The Morgan fingerprint density at radius 3 is 2.74 bits per heavy atom. The molecule has 0 bridgehead atoms. The van der Waals surface area contributed by atoms with Gasteiger partial charge in [0.2, 0.25) is 0 Å². The first-order valence-corrected chi connectivity index (χ1v) is 10.5. The third-order valence-corrected chi connectivity index (χ3v) is 6.34. The van der Waals surface area contributed by atoms with Gasteiger partial charge in [-0.2, -0.15) is 0 Å². The van der Waals surface area contributed by atoms with E-state index in [4.69, 9.17) is 8.83 Å². The van der Waals surface area contributed by atoms with Crippen molar-refractivity contribution in [3.8, 4) is 0 Å². The molecule has 35 heavy (non-hydrogen) atoms. The van der Waals surface area contributed by atoms with Crippen molar-refractivity contribution in [3.63, 3.8) is 0 Å². The van der Waals surface area contributed by atoms with Gasteiger partial charge in [0.1, 0.15) is 23.3 Å². The van der Waals surface area contributed by atoms with Crippen molar-refractivity contribution in [2.45, 2.75) is 18.5 Å². The first kappa shape index (κ1) is 20.9. The van der Waals surface area contributed by atoms with Gasteiger partial charge in [-0.25, -0.2) is 18.4 Å². The number of H-pyrrole nitrogens is 2. The molecule has 11 heteroatoms. The molecule has 2 atom stereocenters. The lowest BCUT2D eigenvalue weighted by molar-refractivity contribution is -0.138. The number of carbonyl (C=O) groups is 1. The number of aromatic amines is 2. The molecule has 3 N–H and O–H groups in total. The Labute approximate surface area is 193 Å². The first-order chi connectivity index (χ1) is 16.8. The molecule has 3 aromatic heterocycles. The van der Waals surface area contributed by atoms with Crippen LogP contribution >= 0.6 is 0 Å². The molecule has 1 aliphatic heterocycles. The lowest BCUT2D eigenvalue weighted by atomic mass is 9.87. The molecule has 6 rings (SSSR count). The number of rotatable bonds is 4. The van der Waals surface area contributed by atoms with E-state index in [9.17, 15) is 28.3 Å². The van der Waals surface area contributed by atoms with Crippen LogP contribution in [0.4, 0.5) is 14.5 Å². The molecule has 0 spiro atoms. The van der Waals surface area contributed by atoms with Gasteiger partial charge in [-0.05, 0) is 24.3 Å². The van der Waals surface area contributed by atoms with Crippen LogP contribution in [-0.2, 0) is 11.3 Å². The van der Waals surface area contributed by atoms with Crippen molar-refractivity contribution in [1.29, 1.82) is 0 Å². The molecule has 9 nitrogen and oxygen atoms in total. The van der Waals surface area contributed by atoms with E-state index in [1.807, 2.05) is 0 Å². The summed E-state index contributed by atoms with van der Waals surface area (Å²) in [7, 11) is 0. The zero-order valence-electron chi connectivity index (χ0n) is 17.7. The second kappa shape index (κ2) is 7.42. The standard InChI is InChI=1S/C24H15F2N3O6/c25-13-8-17-15(28-24(33)35-17)6-10(13)9-29-16-7-14(26)11-3-5-34-21(11)19(16)18(20(29)23(31)32)12-2-1-4-27-22(12)30/h1-8,18,20H,9H2,(H,27,30)(H,28,33)(H,31,32). The van der Waals surface area contributed by atoms with Crippen LogP contribution in [0, 0.1) is 11.6 Å². The van der Waals surface area contributed by atoms with Gasteiger partial charge in [-0.3, -0.25) is 9.78 Å². The summed E-state index contributed by atoms with van der Waals surface area (Å²) >= 11 is 0. The van der Waals surface area contributed by atoms with Crippen LogP contribution in [0.2, 0.25) is 0 Å². The van der Waals surface area contributed by atoms with Gasteiger partial charge in [0.25, 0.3) is 5.56 Å². The number of hydrogen-bond donors (Lipinski definition) is 3. The lowest BCUT2D eigenvalue weighted by Gasteiger charge is -2.27. The fourth-order valence-electron chi connectivity index (χ4n) is 4.91. The van der Waals surface area contributed by atoms with E-state index in [1.54, 1.807) is 6.07 Å². The normalized spacial score (nSPS) is 17.4.